The normalized spacial score (nSPS) is 17.8. The minimum absolute atomic E-state index is 0.186. The van der Waals surface area contributed by atoms with E-state index in [1.807, 2.05) is 6.07 Å². The Balaban J connectivity index is 1.59. The molecule has 1 aliphatic heterocycles. The Morgan fingerprint density at radius 3 is 2.47 bits per heavy atom. The zero-order chi connectivity index (χ0) is 21.1. The summed E-state index contributed by atoms with van der Waals surface area (Å²) >= 11 is 1.53. The van der Waals surface area contributed by atoms with Crippen LogP contribution in [0.5, 0.6) is 5.75 Å². The summed E-state index contributed by atoms with van der Waals surface area (Å²) in [7, 11) is -2.09. The highest BCUT2D eigenvalue weighted by Crippen LogP contribution is 2.33. The first kappa shape index (κ1) is 21.3. The summed E-state index contributed by atoms with van der Waals surface area (Å²) in [6.07, 6.45) is 8.24. The molecule has 0 bridgehead atoms. The van der Waals surface area contributed by atoms with Crippen molar-refractivity contribution >= 4 is 33.0 Å². The number of thiophene rings is 1. The fourth-order valence-electron chi connectivity index (χ4n) is 4.16. The van der Waals surface area contributed by atoms with Crippen molar-refractivity contribution in [3.8, 4) is 5.75 Å². The molecule has 0 unspecified atom stereocenters. The van der Waals surface area contributed by atoms with E-state index in [2.05, 4.69) is 5.32 Å². The van der Waals surface area contributed by atoms with Crippen molar-refractivity contribution in [1.82, 2.24) is 4.31 Å². The molecule has 1 aromatic carbocycles. The summed E-state index contributed by atoms with van der Waals surface area (Å²) in [5.41, 5.74) is 1.64. The Hall–Kier alpha value is -1.90. The van der Waals surface area contributed by atoms with Crippen molar-refractivity contribution in [2.45, 2.75) is 56.3 Å². The molecule has 0 spiro atoms. The zero-order valence-electron chi connectivity index (χ0n) is 17.3. The van der Waals surface area contributed by atoms with Gasteiger partial charge in [-0.15, -0.1) is 11.3 Å². The van der Waals surface area contributed by atoms with E-state index >= 15 is 0 Å². The van der Waals surface area contributed by atoms with E-state index in [1.54, 1.807) is 16.4 Å². The van der Waals surface area contributed by atoms with Crippen LogP contribution in [0.1, 0.15) is 58.6 Å². The third-order valence-corrected chi connectivity index (χ3v) is 8.97. The van der Waals surface area contributed by atoms with Gasteiger partial charge in [-0.2, -0.15) is 4.31 Å². The lowest BCUT2D eigenvalue weighted by Gasteiger charge is -2.21. The van der Waals surface area contributed by atoms with Crippen molar-refractivity contribution in [1.29, 1.82) is 0 Å². The number of carbonyl (C=O) groups excluding carboxylic acids is 1. The van der Waals surface area contributed by atoms with Gasteiger partial charge in [0.05, 0.1) is 22.6 Å². The lowest BCUT2D eigenvalue weighted by atomic mass is 9.99. The summed E-state index contributed by atoms with van der Waals surface area (Å²) in [5.74, 6) is 0.219. The van der Waals surface area contributed by atoms with Gasteiger partial charge in [-0.3, -0.25) is 4.79 Å². The standard InChI is InChI=1S/C22H28N2O4S2/c1-28-19-11-10-17(30(26,27)24-12-6-2-3-7-13-24)15-18(19)23-22(25)21-14-16-8-4-5-9-20(16)29-21/h10-11,14-15H,2-9,12-13H2,1H3,(H,23,25). The number of methoxy groups -OCH3 is 1. The predicted octanol–water partition coefficient (Wildman–Crippen LogP) is 4.45. The van der Waals surface area contributed by atoms with Gasteiger partial charge in [0.25, 0.3) is 5.91 Å². The average Bonchev–Trinajstić information content (AvgIpc) is 2.99. The summed E-state index contributed by atoms with van der Waals surface area (Å²) in [4.78, 5) is 15.0. The molecule has 2 aromatic rings. The smallest absolute Gasteiger partial charge is 0.265 e. The second-order valence-electron chi connectivity index (χ2n) is 7.90. The van der Waals surface area contributed by atoms with Gasteiger partial charge in [-0.25, -0.2) is 8.42 Å². The molecule has 6 nitrogen and oxygen atoms in total. The van der Waals surface area contributed by atoms with Gasteiger partial charge in [0.2, 0.25) is 10.0 Å². The number of carbonyl (C=O) groups is 1. The lowest BCUT2D eigenvalue weighted by molar-refractivity contribution is 0.103. The number of rotatable bonds is 5. The number of hydrogen-bond donors (Lipinski definition) is 1. The molecule has 2 aliphatic rings. The van der Waals surface area contributed by atoms with Crippen LogP contribution in [0, 0.1) is 0 Å². The first-order valence-corrected chi connectivity index (χ1v) is 12.9. The monoisotopic (exact) mass is 448 g/mol. The summed E-state index contributed by atoms with van der Waals surface area (Å²) in [6, 6.07) is 6.65. The molecule has 1 N–H and O–H groups in total. The van der Waals surface area contributed by atoms with Gasteiger partial charge in [-0.05, 0) is 68.4 Å². The molecule has 1 fully saturated rings. The van der Waals surface area contributed by atoms with Crippen molar-refractivity contribution < 1.29 is 17.9 Å². The molecular formula is C22H28N2O4S2. The quantitative estimate of drug-likeness (QED) is 0.733. The number of amides is 1. The van der Waals surface area contributed by atoms with E-state index in [0.29, 0.717) is 29.4 Å². The Labute approximate surface area is 182 Å². The average molecular weight is 449 g/mol. The summed E-state index contributed by atoms with van der Waals surface area (Å²) in [5, 5.41) is 2.88. The van der Waals surface area contributed by atoms with Gasteiger partial charge < -0.3 is 10.1 Å². The highest BCUT2D eigenvalue weighted by atomic mass is 32.2. The van der Waals surface area contributed by atoms with E-state index in [-0.39, 0.29) is 10.8 Å². The first-order valence-electron chi connectivity index (χ1n) is 10.6. The highest BCUT2D eigenvalue weighted by Gasteiger charge is 2.26. The number of sulfonamides is 1. The lowest BCUT2D eigenvalue weighted by Crippen LogP contribution is -2.32. The molecule has 1 amide bonds. The predicted molar refractivity (Wildman–Crippen MR) is 119 cm³/mol. The second kappa shape index (κ2) is 9.08. The van der Waals surface area contributed by atoms with Crippen LogP contribution in [0.25, 0.3) is 0 Å². The minimum Gasteiger partial charge on any atom is -0.495 e. The maximum atomic E-state index is 13.2. The van der Waals surface area contributed by atoms with Crippen LogP contribution in [0.15, 0.2) is 29.2 Å². The van der Waals surface area contributed by atoms with E-state index < -0.39 is 10.0 Å². The third-order valence-electron chi connectivity index (χ3n) is 5.84. The molecule has 1 aromatic heterocycles. The van der Waals surface area contributed by atoms with Crippen LogP contribution in [-0.2, 0) is 22.9 Å². The van der Waals surface area contributed by atoms with Crippen LogP contribution >= 0.6 is 11.3 Å². The Morgan fingerprint density at radius 2 is 1.77 bits per heavy atom. The van der Waals surface area contributed by atoms with Crippen molar-refractivity contribution in [2.24, 2.45) is 0 Å². The van der Waals surface area contributed by atoms with E-state index in [0.717, 1.165) is 44.9 Å². The van der Waals surface area contributed by atoms with Crippen LogP contribution in [0.4, 0.5) is 5.69 Å². The number of nitrogens with zero attached hydrogens (tertiary/aromatic N) is 1. The molecule has 0 atom stereocenters. The Morgan fingerprint density at radius 1 is 1.03 bits per heavy atom. The maximum absolute atomic E-state index is 13.2. The summed E-state index contributed by atoms with van der Waals surface area (Å²) < 4.78 is 33.2. The van der Waals surface area contributed by atoms with Gasteiger partial charge >= 0.3 is 0 Å². The van der Waals surface area contributed by atoms with E-state index in [4.69, 9.17) is 4.74 Å². The zero-order valence-corrected chi connectivity index (χ0v) is 18.9. The molecule has 0 saturated carbocycles. The van der Waals surface area contributed by atoms with Gasteiger partial charge in [0.1, 0.15) is 5.75 Å². The Kier molecular flexibility index (Phi) is 6.46. The van der Waals surface area contributed by atoms with Crippen molar-refractivity contribution in [2.75, 3.05) is 25.5 Å². The molecule has 30 heavy (non-hydrogen) atoms. The minimum atomic E-state index is -3.61. The molecule has 8 heteroatoms. The largest absolute Gasteiger partial charge is 0.495 e. The van der Waals surface area contributed by atoms with E-state index in [9.17, 15) is 13.2 Å². The third kappa shape index (κ3) is 4.40. The number of hydrogen-bond acceptors (Lipinski definition) is 5. The second-order valence-corrected chi connectivity index (χ2v) is 11.0. The topological polar surface area (TPSA) is 75.7 Å². The Bertz CT molecular complexity index is 998. The number of ether oxygens (including phenoxy) is 1. The number of fused-ring (bicyclic) bond motifs is 1. The van der Waals surface area contributed by atoms with Gasteiger partial charge in [0, 0.05) is 18.0 Å². The fourth-order valence-corrected chi connectivity index (χ4v) is 6.86. The van der Waals surface area contributed by atoms with Crippen LogP contribution < -0.4 is 10.1 Å². The number of nitrogens with one attached hydrogen (secondary N) is 1. The molecule has 2 heterocycles. The van der Waals surface area contributed by atoms with Crippen LogP contribution in [0.3, 0.4) is 0 Å². The van der Waals surface area contributed by atoms with Crippen LogP contribution in [-0.4, -0.2) is 38.8 Å². The highest BCUT2D eigenvalue weighted by molar-refractivity contribution is 7.89. The molecule has 0 radical (unpaired) electrons. The number of benzene rings is 1. The van der Waals surface area contributed by atoms with Crippen molar-refractivity contribution in [3.05, 3.63) is 39.6 Å². The van der Waals surface area contributed by atoms with Gasteiger partial charge in [0.15, 0.2) is 0 Å². The molecule has 1 aliphatic carbocycles. The molecular weight excluding hydrogens is 420 g/mol. The first-order chi connectivity index (χ1) is 14.5. The number of anilines is 1. The van der Waals surface area contributed by atoms with Crippen LogP contribution in [0.2, 0.25) is 0 Å². The van der Waals surface area contributed by atoms with E-state index in [1.165, 1.54) is 41.4 Å². The fraction of sp³-hybridized carbons (Fsp3) is 0.500. The molecule has 4 rings (SSSR count). The summed E-state index contributed by atoms with van der Waals surface area (Å²) in [6.45, 7) is 1.08. The molecule has 162 valence electrons. The molecule has 1 saturated heterocycles. The van der Waals surface area contributed by atoms with Crippen molar-refractivity contribution in [3.63, 3.8) is 0 Å². The van der Waals surface area contributed by atoms with Gasteiger partial charge in [-0.1, -0.05) is 12.8 Å². The SMILES string of the molecule is COc1ccc(S(=O)(=O)N2CCCCCC2)cc1NC(=O)c1cc2c(s1)CCCC2. The maximum Gasteiger partial charge on any atom is 0.265 e. The number of aryl methyl sites for hydroxylation is 2.